The van der Waals surface area contributed by atoms with Gasteiger partial charge >= 0.3 is 0 Å². The van der Waals surface area contributed by atoms with Crippen molar-refractivity contribution in [2.24, 2.45) is 0 Å². The van der Waals surface area contributed by atoms with Gasteiger partial charge in [-0.15, -0.1) is 12.4 Å². The molecule has 0 aliphatic carbocycles. The van der Waals surface area contributed by atoms with Gasteiger partial charge < -0.3 is 16.0 Å². The highest BCUT2D eigenvalue weighted by atomic mass is 35.5. The summed E-state index contributed by atoms with van der Waals surface area (Å²) in [5, 5.41) is 8.22. The molecule has 3 N–H and O–H groups in total. The van der Waals surface area contributed by atoms with Gasteiger partial charge in [-0.3, -0.25) is 9.59 Å². The molecular formula is C14H19ClFN3O2. The number of carbonyl (C=O) groups excluding carboxylic acids is 2. The lowest BCUT2D eigenvalue weighted by atomic mass is 10.0. The van der Waals surface area contributed by atoms with Crippen LogP contribution in [0, 0.1) is 5.82 Å². The Morgan fingerprint density at radius 2 is 2.05 bits per heavy atom. The van der Waals surface area contributed by atoms with Crippen LogP contribution in [0.4, 0.5) is 15.8 Å². The van der Waals surface area contributed by atoms with E-state index in [-0.39, 0.29) is 36.0 Å². The van der Waals surface area contributed by atoms with Crippen molar-refractivity contribution in [1.82, 2.24) is 5.32 Å². The molecule has 1 aliphatic rings. The average molecular weight is 316 g/mol. The first-order chi connectivity index (χ1) is 9.56. The van der Waals surface area contributed by atoms with Gasteiger partial charge in [0.05, 0.1) is 11.7 Å². The second kappa shape index (κ2) is 7.95. The third-order valence-electron chi connectivity index (χ3n) is 3.17. The summed E-state index contributed by atoms with van der Waals surface area (Å²) in [6, 6.07) is 3.80. The Kier molecular flexibility index (Phi) is 6.58. The molecule has 1 fully saturated rings. The molecule has 0 unspecified atom stereocenters. The van der Waals surface area contributed by atoms with E-state index in [9.17, 15) is 14.0 Å². The van der Waals surface area contributed by atoms with Crippen molar-refractivity contribution in [3.8, 4) is 0 Å². The smallest absolute Gasteiger partial charge is 0.241 e. The van der Waals surface area contributed by atoms with Crippen LogP contribution < -0.4 is 16.0 Å². The van der Waals surface area contributed by atoms with Crippen LogP contribution in [-0.4, -0.2) is 24.4 Å². The SMILES string of the molecule is CC(=O)Nc1ccc(F)c(NC(=O)[C@@H]2CCCCN2)c1.Cl. The van der Waals surface area contributed by atoms with Gasteiger partial charge in [-0.1, -0.05) is 6.42 Å². The summed E-state index contributed by atoms with van der Waals surface area (Å²) in [5.41, 5.74) is 0.527. The second-order valence-corrected chi connectivity index (χ2v) is 4.87. The maximum absolute atomic E-state index is 13.7. The number of anilines is 2. The predicted molar refractivity (Wildman–Crippen MR) is 82.2 cm³/mol. The van der Waals surface area contributed by atoms with Crippen LogP contribution in [0.15, 0.2) is 18.2 Å². The number of benzene rings is 1. The summed E-state index contributed by atoms with van der Waals surface area (Å²) in [7, 11) is 0. The van der Waals surface area contributed by atoms with E-state index < -0.39 is 5.82 Å². The zero-order chi connectivity index (χ0) is 14.5. The molecule has 0 saturated carbocycles. The largest absolute Gasteiger partial charge is 0.326 e. The number of hydrogen-bond acceptors (Lipinski definition) is 3. The van der Waals surface area contributed by atoms with Crippen LogP contribution >= 0.6 is 12.4 Å². The van der Waals surface area contributed by atoms with Crippen LogP contribution in [0.25, 0.3) is 0 Å². The molecule has 0 spiro atoms. The van der Waals surface area contributed by atoms with Crippen molar-refractivity contribution < 1.29 is 14.0 Å². The molecule has 0 radical (unpaired) electrons. The Bertz CT molecular complexity index is 519. The van der Waals surface area contributed by atoms with Crippen molar-refractivity contribution >= 4 is 35.6 Å². The van der Waals surface area contributed by atoms with E-state index in [4.69, 9.17) is 0 Å². The van der Waals surface area contributed by atoms with Gasteiger partial charge in [-0.05, 0) is 37.6 Å². The standard InChI is InChI=1S/C14H18FN3O2.ClH/c1-9(19)17-10-5-6-11(15)13(8-10)18-14(20)12-4-2-3-7-16-12;/h5-6,8,12,16H,2-4,7H2,1H3,(H,17,19)(H,18,20);1H/t12-;/m0./s1. The van der Waals surface area contributed by atoms with Crippen molar-refractivity contribution in [2.75, 3.05) is 17.2 Å². The molecule has 21 heavy (non-hydrogen) atoms. The first-order valence-corrected chi connectivity index (χ1v) is 6.67. The van der Waals surface area contributed by atoms with Gasteiger partial charge in [0, 0.05) is 12.6 Å². The Balaban J connectivity index is 0.00000220. The average Bonchev–Trinajstić information content (AvgIpc) is 2.43. The first-order valence-electron chi connectivity index (χ1n) is 6.67. The van der Waals surface area contributed by atoms with Crippen molar-refractivity contribution in [2.45, 2.75) is 32.2 Å². The molecule has 1 aromatic rings. The molecule has 1 aliphatic heterocycles. The van der Waals surface area contributed by atoms with E-state index >= 15 is 0 Å². The molecule has 0 aromatic heterocycles. The first kappa shape index (κ1) is 17.4. The number of amides is 2. The Labute approximate surface area is 129 Å². The minimum absolute atomic E-state index is 0. The topological polar surface area (TPSA) is 70.2 Å². The maximum Gasteiger partial charge on any atom is 0.241 e. The zero-order valence-corrected chi connectivity index (χ0v) is 12.6. The van der Waals surface area contributed by atoms with E-state index in [2.05, 4.69) is 16.0 Å². The summed E-state index contributed by atoms with van der Waals surface area (Å²) in [6.07, 6.45) is 2.79. The van der Waals surface area contributed by atoms with E-state index in [0.717, 1.165) is 25.8 Å². The van der Waals surface area contributed by atoms with Gasteiger partial charge in [0.1, 0.15) is 5.82 Å². The highest BCUT2D eigenvalue weighted by Gasteiger charge is 2.21. The summed E-state index contributed by atoms with van der Waals surface area (Å²) in [6.45, 7) is 2.17. The molecule has 1 aromatic carbocycles. The van der Waals surface area contributed by atoms with Gasteiger partial charge in [-0.2, -0.15) is 0 Å². The van der Waals surface area contributed by atoms with Gasteiger partial charge in [0.15, 0.2) is 0 Å². The fourth-order valence-corrected chi connectivity index (χ4v) is 2.20. The summed E-state index contributed by atoms with van der Waals surface area (Å²) < 4.78 is 13.7. The van der Waals surface area contributed by atoms with Crippen LogP contribution in [-0.2, 0) is 9.59 Å². The van der Waals surface area contributed by atoms with E-state index in [0.29, 0.717) is 5.69 Å². The Hall–Kier alpha value is -1.66. The fraction of sp³-hybridized carbons (Fsp3) is 0.429. The molecule has 116 valence electrons. The second-order valence-electron chi connectivity index (χ2n) is 4.87. The number of carbonyl (C=O) groups is 2. The highest BCUT2D eigenvalue weighted by Crippen LogP contribution is 2.20. The third-order valence-corrected chi connectivity index (χ3v) is 3.17. The Morgan fingerprint density at radius 3 is 2.67 bits per heavy atom. The molecule has 0 bridgehead atoms. The number of piperidine rings is 1. The van der Waals surface area contributed by atoms with Gasteiger partial charge in [-0.25, -0.2) is 4.39 Å². The fourth-order valence-electron chi connectivity index (χ4n) is 2.20. The quantitative estimate of drug-likeness (QED) is 0.801. The van der Waals surface area contributed by atoms with E-state index in [1.807, 2.05) is 0 Å². The van der Waals surface area contributed by atoms with Crippen LogP contribution in [0.1, 0.15) is 26.2 Å². The number of halogens is 2. The number of nitrogens with one attached hydrogen (secondary N) is 3. The molecule has 7 heteroatoms. The van der Waals surface area contributed by atoms with Gasteiger partial charge in [0.25, 0.3) is 0 Å². The molecule has 2 rings (SSSR count). The molecule has 5 nitrogen and oxygen atoms in total. The molecule has 1 heterocycles. The summed E-state index contributed by atoms with van der Waals surface area (Å²) >= 11 is 0. The maximum atomic E-state index is 13.7. The molecule has 1 saturated heterocycles. The van der Waals surface area contributed by atoms with Crippen LogP contribution in [0.2, 0.25) is 0 Å². The van der Waals surface area contributed by atoms with Crippen LogP contribution in [0.5, 0.6) is 0 Å². The highest BCUT2D eigenvalue weighted by molar-refractivity contribution is 5.96. The minimum atomic E-state index is -0.525. The Morgan fingerprint density at radius 1 is 1.29 bits per heavy atom. The van der Waals surface area contributed by atoms with Gasteiger partial charge in [0.2, 0.25) is 11.8 Å². The number of hydrogen-bond donors (Lipinski definition) is 3. The monoisotopic (exact) mass is 315 g/mol. The minimum Gasteiger partial charge on any atom is -0.326 e. The lowest BCUT2D eigenvalue weighted by Gasteiger charge is -2.22. The lowest BCUT2D eigenvalue weighted by molar-refractivity contribution is -0.118. The molecule has 1 atom stereocenters. The van der Waals surface area contributed by atoms with Crippen molar-refractivity contribution in [1.29, 1.82) is 0 Å². The lowest BCUT2D eigenvalue weighted by Crippen LogP contribution is -2.43. The van der Waals surface area contributed by atoms with Crippen molar-refractivity contribution in [3.63, 3.8) is 0 Å². The van der Waals surface area contributed by atoms with Crippen molar-refractivity contribution in [3.05, 3.63) is 24.0 Å². The van der Waals surface area contributed by atoms with E-state index in [1.54, 1.807) is 0 Å². The van der Waals surface area contributed by atoms with Crippen LogP contribution in [0.3, 0.4) is 0 Å². The predicted octanol–water partition coefficient (Wildman–Crippen LogP) is 2.29. The summed E-state index contributed by atoms with van der Waals surface area (Å²) in [5.74, 6) is -1.02. The third kappa shape index (κ3) is 4.99. The zero-order valence-electron chi connectivity index (χ0n) is 11.7. The van der Waals surface area contributed by atoms with E-state index in [1.165, 1.54) is 25.1 Å². The normalized spacial score (nSPS) is 17.5. The molecule has 2 amide bonds. The molecular weight excluding hydrogens is 297 g/mol. The summed E-state index contributed by atoms with van der Waals surface area (Å²) in [4.78, 5) is 23.0. The number of rotatable bonds is 3.